The zero-order valence-corrected chi connectivity index (χ0v) is 14.2. The molecule has 3 N–H and O–H groups in total. The van der Waals surface area contributed by atoms with Crippen LogP contribution in [0, 0.1) is 0 Å². The van der Waals surface area contributed by atoms with Crippen molar-refractivity contribution >= 4 is 29.9 Å². The predicted molar refractivity (Wildman–Crippen MR) is 91.5 cm³/mol. The van der Waals surface area contributed by atoms with Gasteiger partial charge >= 0.3 is 0 Å². The SMILES string of the molecule is CCOc1ccccc1CCN=C(N)NC(C)C.I. The molecule has 0 aliphatic heterocycles. The van der Waals surface area contributed by atoms with Gasteiger partial charge in [0.25, 0.3) is 0 Å². The highest BCUT2D eigenvalue weighted by Gasteiger charge is 2.01. The number of para-hydroxylation sites is 1. The molecular formula is C14H24IN3O. The number of nitrogens with one attached hydrogen (secondary N) is 1. The molecule has 19 heavy (non-hydrogen) atoms. The summed E-state index contributed by atoms with van der Waals surface area (Å²) in [5.74, 6) is 1.43. The van der Waals surface area contributed by atoms with Crippen LogP contribution in [0.3, 0.4) is 0 Å². The van der Waals surface area contributed by atoms with E-state index >= 15 is 0 Å². The van der Waals surface area contributed by atoms with Gasteiger partial charge in [0.2, 0.25) is 0 Å². The monoisotopic (exact) mass is 377 g/mol. The Morgan fingerprint density at radius 2 is 2.05 bits per heavy atom. The maximum atomic E-state index is 5.74. The van der Waals surface area contributed by atoms with E-state index in [1.54, 1.807) is 0 Å². The van der Waals surface area contributed by atoms with Crippen LogP contribution in [-0.2, 0) is 6.42 Å². The normalized spacial score (nSPS) is 11.1. The molecule has 1 aromatic rings. The Hall–Kier alpha value is -0.980. The van der Waals surface area contributed by atoms with Gasteiger partial charge in [-0.3, -0.25) is 4.99 Å². The molecule has 0 amide bonds. The van der Waals surface area contributed by atoms with Crippen LogP contribution in [0.15, 0.2) is 29.3 Å². The van der Waals surface area contributed by atoms with E-state index in [1.165, 1.54) is 5.56 Å². The third-order valence-electron chi connectivity index (χ3n) is 2.37. The Bertz CT molecular complexity index is 394. The van der Waals surface area contributed by atoms with Crippen LogP contribution in [0.2, 0.25) is 0 Å². The Morgan fingerprint density at radius 3 is 2.68 bits per heavy atom. The second-order valence-electron chi connectivity index (χ2n) is 4.36. The lowest BCUT2D eigenvalue weighted by molar-refractivity contribution is 0.336. The lowest BCUT2D eigenvalue weighted by Gasteiger charge is -2.10. The standard InChI is InChI=1S/C14H23N3O.HI/c1-4-18-13-8-6-5-7-12(13)9-10-16-14(15)17-11(2)3;/h5-8,11H,4,9-10H2,1-3H3,(H3,15,16,17);1H. The number of halogens is 1. The van der Waals surface area contributed by atoms with Crippen LogP contribution in [0.25, 0.3) is 0 Å². The van der Waals surface area contributed by atoms with Crippen molar-refractivity contribution in [2.24, 2.45) is 10.7 Å². The molecule has 5 heteroatoms. The second-order valence-corrected chi connectivity index (χ2v) is 4.36. The summed E-state index contributed by atoms with van der Waals surface area (Å²) >= 11 is 0. The second kappa shape index (κ2) is 9.89. The minimum absolute atomic E-state index is 0. The van der Waals surface area contributed by atoms with Crippen molar-refractivity contribution in [2.75, 3.05) is 13.2 Å². The van der Waals surface area contributed by atoms with Crippen molar-refractivity contribution in [3.8, 4) is 5.75 Å². The minimum atomic E-state index is 0. The number of hydrogen-bond acceptors (Lipinski definition) is 2. The molecule has 1 aromatic carbocycles. The quantitative estimate of drug-likeness (QED) is 0.455. The van der Waals surface area contributed by atoms with Gasteiger partial charge in [-0.25, -0.2) is 0 Å². The van der Waals surface area contributed by atoms with Gasteiger partial charge in [0, 0.05) is 12.6 Å². The number of aliphatic imine (C=N–C) groups is 1. The summed E-state index contributed by atoms with van der Waals surface area (Å²) < 4.78 is 5.56. The molecule has 0 spiro atoms. The number of hydrogen-bond donors (Lipinski definition) is 2. The van der Waals surface area contributed by atoms with E-state index in [1.807, 2.05) is 39.0 Å². The molecule has 4 nitrogen and oxygen atoms in total. The first kappa shape index (κ1) is 18.0. The Labute approximate surface area is 132 Å². The number of guanidine groups is 1. The molecule has 1 rings (SSSR count). The summed E-state index contributed by atoms with van der Waals surface area (Å²) in [7, 11) is 0. The molecule has 0 saturated heterocycles. The van der Waals surface area contributed by atoms with Crippen LogP contribution >= 0.6 is 24.0 Å². The van der Waals surface area contributed by atoms with Crippen molar-refractivity contribution in [2.45, 2.75) is 33.2 Å². The van der Waals surface area contributed by atoms with E-state index in [2.05, 4.69) is 16.4 Å². The van der Waals surface area contributed by atoms with E-state index in [0.29, 0.717) is 25.2 Å². The minimum Gasteiger partial charge on any atom is -0.494 e. The Kier molecular flexibility index (Phi) is 9.38. The molecule has 0 saturated carbocycles. The third kappa shape index (κ3) is 7.25. The number of benzene rings is 1. The topological polar surface area (TPSA) is 59.6 Å². The summed E-state index contributed by atoms with van der Waals surface area (Å²) in [5.41, 5.74) is 6.91. The molecule has 0 aliphatic rings. The molecule has 0 radical (unpaired) electrons. The summed E-state index contributed by atoms with van der Waals surface area (Å²) in [4.78, 5) is 4.29. The van der Waals surface area contributed by atoms with E-state index in [0.717, 1.165) is 12.2 Å². The molecule has 0 atom stereocenters. The number of rotatable bonds is 6. The molecule has 0 fully saturated rings. The zero-order valence-electron chi connectivity index (χ0n) is 11.8. The lowest BCUT2D eigenvalue weighted by Crippen LogP contribution is -2.36. The Morgan fingerprint density at radius 1 is 1.37 bits per heavy atom. The largest absolute Gasteiger partial charge is 0.494 e. The van der Waals surface area contributed by atoms with Crippen molar-refractivity contribution in [3.05, 3.63) is 29.8 Å². The highest BCUT2D eigenvalue weighted by atomic mass is 127. The molecule has 0 bridgehead atoms. The van der Waals surface area contributed by atoms with E-state index in [4.69, 9.17) is 10.5 Å². The number of nitrogens with zero attached hydrogens (tertiary/aromatic N) is 1. The lowest BCUT2D eigenvalue weighted by atomic mass is 10.1. The summed E-state index contributed by atoms with van der Waals surface area (Å²) in [6, 6.07) is 8.35. The van der Waals surface area contributed by atoms with Crippen LogP contribution in [0.1, 0.15) is 26.3 Å². The van der Waals surface area contributed by atoms with Crippen molar-refractivity contribution in [1.29, 1.82) is 0 Å². The maximum absolute atomic E-state index is 5.74. The van der Waals surface area contributed by atoms with Crippen LogP contribution in [0.5, 0.6) is 5.75 Å². The van der Waals surface area contributed by atoms with Crippen LogP contribution < -0.4 is 15.8 Å². The molecule has 0 aliphatic carbocycles. The van der Waals surface area contributed by atoms with E-state index < -0.39 is 0 Å². The smallest absolute Gasteiger partial charge is 0.188 e. The van der Waals surface area contributed by atoms with Crippen LogP contribution in [-0.4, -0.2) is 25.2 Å². The van der Waals surface area contributed by atoms with E-state index in [-0.39, 0.29) is 24.0 Å². The van der Waals surface area contributed by atoms with Gasteiger partial charge in [-0.05, 0) is 38.8 Å². The molecule has 0 unspecified atom stereocenters. The van der Waals surface area contributed by atoms with Gasteiger partial charge in [-0.1, -0.05) is 18.2 Å². The fourth-order valence-electron chi connectivity index (χ4n) is 1.64. The van der Waals surface area contributed by atoms with Crippen molar-refractivity contribution < 1.29 is 4.74 Å². The number of nitrogens with two attached hydrogens (primary N) is 1. The van der Waals surface area contributed by atoms with Gasteiger partial charge in [-0.15, -0.1) is 24.0 Å². The molecule has 108 valence electrons. The third-order valence-corrected chi connectivity index (χ3v) is 2.37. The first-order valence-electron chi connectivity index (χ1n) is 6.40. The fourth-order valence-corrected chi connectivity index (χ4v) is 1.64. The van der Waals surface area contributed by atoms with Gasteiger partial charge in [0.15, 0.2) is 5.96 Å². The van der Waals surface area contributed by atoms with Gasteiger partial charge in [0.05, 0.1) is 6.61 Å². The summed E-state index contributed by atoms with van der Waals surface area (Å²) in [6.07, 6.45) is 0.830. The average molecular weight is 377 g/mol. The van der Waals surface area contributed by atoms with Gasteiger partial charge < -0.3 is 15.8 Å². The van der Waals surface area contributed by atoms with Crippen molar-refractivity contribution in [1.82, 2.24) is 5.32 Å². The predicted octanol–water partition coefficient (Wildman–Crippen LogP) is 2.56. The average Bonchev–Trinajstić information content (AvgIpc) is 2.30. The zero-order chi connectivity index (χ0) is 13.4. The van der Waals surface area contributed by atoms with Gasteiger partial charge in [-0.2, -0.15) is 0 Å². The van der Waals surface area contributed by atoms with Crippen molar-refractivity contribution in [3.63, 3.8) is 0 Å². The summed E-state index contributed by atoms with van der Waals surface area (Å²) in [6.45, 7) is 7.39. The van der Waals surface area contributed by atoms with Gasteiger partial charge in [0.1, 0.15) is 5.75 Å². The first-order chi connectivity index (χ1) is 8.63. The molecule has 0 aromatic heterocycles. The summed E-state index contributed by atoms with van der Waals surface area (Å²) in [5, 5.41) is 3.07. The number of ether oxygens (including phenoxy) is 1. The fraction of sp³-hybridized carbons (Fsp3) is 0.500. The molecular weight excluding hydrogens is 353 g/mol. The highest BCUT2D eigenvalue weighted by Crippen LogP contribution is 2.18. The van der Waals surface area contributed by atoms with Crippen LogP contribution in [0.4, 0.5) is 0 Å². The molecule has 0 heterocycles. The Balaban J connectivity index is 0.00000324. The maximum Gasteiger partial charge on any atom is 0.188 e. The van der Waals surface area contributed by atoms with E-state index in [9.17, 15) is 0 Å². The highest BCUT2D eigenvalue weighted by molar-refractivity contribution is 14.0. The first-order valence-corrected chi connectivity index (χ1v) is 6.40.